The minimum Gasteiger partial charge on any atom is -0.437 e. The number of nitrogens with zero attached hydrogens (tertiary/aromatic N) is 3. The van der Waals surface area contributed by atoms with Gasteiger partial charge in [-0.3, -0.25) is 9.59 Å². The summed E-state index contributed by atoms with van der Waals surface area (Å²) in [6, 6.07) is 4.36. The molecule has 28 heavy (non-hydrogen) atoms. The lowest BCUT2D eigenvalue weighted by Gasteiger charge is -2.29. The van der Waals surface area contributed by atoms with Crippen molar-refractivity contribution in [3.05, 3.63) is 52.5 Å². The molecule has 2 aliphatic rings. The van der Waals surface area contributed by atoms with Crippen LogP contribution in [0.1, 0.15) is 57.8 Å². The number of halogens is 1. The molecule has 1 fully saturated rings. The van der Waals surface area contributed by atoms with Crippen LogP contribution in [0.2, 0.25) is 0 Å². The lowest BCUT2D eigenvalue weighted by molar-refractivity contribution is 0.0638. The molecule has 1 atom stereocenters. The standard InChI is InChI=1S/C21H24FN3O3/c1-13-4-3-8-24(11-13)21(27)19-23-17-12-25(9-7-18(17)28-19)20(26)15-5-6-16(22)14(2)10-15/h5-6,10,13H,3-4,7-9,11-12H2,1-2H3. The van der Waals surface area contributed by atoms with Gasteiger partial charge in [0.05, 0.1) is 6.54 Å². The van der Waals surface area contributed by atoms with Crippen molar-refractivity contribution in [2.24, 2.45) is 5.92 Å². The Morgan fingerprint density at radius 2 is 2.04 bits per heavy atom. The van der Waals surface area contributed by atoms with Crippen LogP contribution in [0.3, 0.4) is 0 Å². The van der Waals surface area contributed by atoms with E-state index in [-0.39, 0.29) is 30.1 Å². The number of carbonyl (C=O) groups excluding carboxylic acids is 2. The van der Waals surface area contributed by atoms with E-state index in [1.807, 2.05) is 0 Å². The molecule has 0 aliphatic carbocycles. The Morgan fingerprint density at radius 1 is 1.21 bits per heavy atom. The van der Waals surface area contributed by atoms with Crippen molar-refractivity contribution in [3.63, 3.8) is 0 Å². The Bertz CT molecular complexity index is 924. The van der Waals surface area contributed by atoms with Gasteiger partial charge in [0.1, 0.15) is 17.3 Å². The Kier molecular flexibility index (Phi) is 4.91. The molecule has 0 bridgehead atoms. The molecule has 2 amide bonds. The van der Waals surface area contributed by atoms with Gasteiger partial charge in [0, 0.05) is 31.6 Å². The molecular weight excluding hydrogens is 361 g/mol. The number of fused-ring (bicyclic) bond motifs is 1. The Labute approximate surface area is 163 Å². The van der Waals surface area contributed by atoms with Crippen molar-refractivity contribution in [1.29, 1.82) is 0 Å². The van der Waals surface area contributed by atoms with E-state index in [4.69, 9.17) is 4.42 Å². The molecular formula is C21H24FN3O3. The summed E-state index contributed by atoms with van der Waals surface area (Å²) in [6.45, 7) is 5.99. The molecule has 1 aromatic carbocycles. The minimum absolute atomic E-state index is 0.117. The molecule has 4 rings (SSSR count). The van der Waals surface area contributed by atoms with Crippen LogP contribution in [-0.2, 0) is 13.0 Å². The lowest BCUT2D eigenvalue weighted by Crippen LogP contribution is -2.39. The summed E-state index contributed by atoms with van der Waals surface area (Å²) in [7, 11) is 0. The zero-order chi connectivity index (χ0) is 19.8. The summed E-state index contributed by atoms with van der Waals surface area (Å²) in [5, 5.41) is 0. The second-order valence-electron chi connectivity index (χ2n) is 7.83. The summed E-state index contributed by atoms with van der Waals surface area (Å²) < 4.78 is 19.2. The zero-order valence-corrected chi connectivity index (χ0v) is 16.2. The number of aromatic nitrogens is 1. The van der Waals surface area contributed by atoms with E-state index in [9.17, 15) is 14.0 Å². The highest BCUT2D eigenvalue weighted by Gasteiger charge is 2.30. The van der Waals surface area contributed by atoms with Crippen molar-refractivity contribution in [3.8, 4) is 0 Å². The molecule has 0 spiro atoms. The van der Waals surface area contributed by atoms with Crippen LogP contribution >= 0.6 is 0 Å². The second-order valence-corrected chi connectivity index (χ2v) is 7.83. The smallest absolute Gasteiger partial charge is 0.309 e. The summed E-state index contributed by atoms with van der Waals surface area (Å²) in [6.07, 6.45) is 2.64. The highest BCUT2D eigenvalue weighted by atomic mass is 19.1. The molecule has 3 heterocycles. The molecule has 2 aliphatic heterocycles. The molecule has 1 aromatic heterocycles. The van der Waals surface area contributed by atoms with Crippen molar-refractivity contribution < 1.29 is 18.4 Å². The normalized spacial score (nSPS) is 19.5. The van der Waals surface area contributed by atoms with E-state index in [0.717, 1.165) is 25.9 Å². The van der Waals surface area contributed by atoms with E-state index >= 15 is 0 Å². The van der Waals surface area contributed by atoms with Gasteiger partial charge >= 0.3 is 5.91 Å². The summed E-state index contributed by atoms with van der Waals surface area (Å²) in [5.74, 6) is 0.597. The van der Waals surface area contributed by atoms with Gasteiger partial charge in [0.15, 0.2) is 0 Å². The maximum absolute atomic E-state index is 13.5. The third-order valence-electron chi connectivity index (χ3n) is 5.55. The van der Waals surface area contributed by atoms with Crippen LogP contribution in [0.15, 0.2) is 22.6 Å². The number of piperidine rings is 1. The van der Waals surface area contributed by atoms with Gasteiger partial charge in [-0.25, -0.2) is 9.37 Å². The van der Waals surface area contributed by atoms with Crippen molar-refractivity contribution >= 4 is 11.8 Å². The largest absolute Gasteiger partial charge is 0.437 e. The maximum atomic E-state index is 13.5. The topological polar surface area (TPSA) is 66.7 Å². The van der Waals surface area contributed by atoms with Crippen molar-refractivity contribution in [2.75, 3.05) is 19.6 Å². The monoisotopic (exact) mass is 385 g/mol. The van der Waals surface area contributed by atoms with Crippen molar-refractivity contribution in [2.45, 2.75) is 39.7 Å². The Morgan fingerprint density at radius 3 is 2.79 bits per heavy atom. The SMILES string of the molecule is Cc1cc(C(=O)N2CCc3oc(C(=O)N4CCCC(C)C4)nc3C2)ccc1F. The number of rotatable bonds is 2. The quantitative estimate of drug-likeness (QED) is 0.796. The molecule has 1 unspecified atom stereocenters. The van der Waals surface area contributed by atoms with Gasteiger partial charge in [-0.05, 0) is 49.4 Å². The molecule has 0 saturated carbocycles. The first-order valence-corrected chi connectivity index (χ1v) is 9.75. The van der Waals surface area contributed by atoms with Gasteiger partial charge in [-0.1, -0.05) is 6.92 Å². The Hall–Kier alpha value is -2.70. The van der Waals surface area contributed by atoms with Gasteiger partial charge in [0.25, 0.3) is 11.8 Å². The van der Waals surface area contributed by atoms with Gasteiger partial charge in [-0.2, -0.15) is 0 Å². The molecule has 0 radical (unpaired) electrons. The third-order valence-corrected chi connectivity index (χ3v) is 5.55. The number of amides is 2. The first-order chi connectivity index (χ1) is 13.4. The molecule has 0 N–H and O–H groups in total. The average Bonchev–Trinajstić information content (AvgIpc) is 3.12. The molecule has 148 valence electrons. The van der Waals surface area contributed by atoms with Crippen LogP contribution in [0.5, 0.6) is 0 Å². The van der Waals surface area contributed by atoms with E-state index < -0.39 is 0 Å². The predicted octanol–water partition coefficient (Wildman–Crippen LogP) is 3.19. The molecule has 6 nitrogen and oxygen atoms in total. The van der Waals surface area contributed by atoms with Crippen molar-refractivity contribution in [1.82, 2.24) is 14.8 Å². The molecule has 1 saturated heterocycles. The van der Waals surface area contributed by atoms with Crippen LogP contribution in [0.25, 0.3) is 0 Å². The summed E-state index contributed by atoms with van der Waals surface area (Å²) in [4.78, 5) is 33.3. The van der Waals surface area contributed by atoms with Gasteiger partial charge < -0.3 is 14.2 Å². The molecule has 2 aromatic rings. The van der Waals surface area contributed by atoms with Crippen LogP contribution < -0.4 is 0 Å². The fourth-order valence-corrected chi connectivity index (χ4v) is 3.93. The van der Waals surface area contributed by atoms with Gasteiger partial charge in [-0.15, -0.1) is 0 Å². The summed E-state index contributed by atoms with van der Waals surface area (Å²) in [5.41, 5.74) is 1.52. The van der Waals surface area contributed by atoms with E-state index in [1.54, 1.807) is 22.8 Å². The molecule has 7 heteroatoms. The number of likely N-dealkylation sites (tertiary alicyclic amines) is 1. The third kappa shape index (κ3) is 3.53. The maximum Gasteiger partial charge on any atom is 0.309 e. The van der Waals surface area contributed by atoms with Crippen LogP contribution in [-0.4, -0.2) is 46.2 Å². The first-order valence-electron chi connectivity index (χ1n) is 9.75. The number of benzene rings is 1. The summed E-state index contributed by atoms with van der Waals surface area (Å²) >= 11 is 0. The number of aryl methyl sites for hydroxylation is 1. The van der Waals surface area contributed by atoms with E-state index in [1.165, 1.54) is 12.1 Å². The van der Waals surface area contributed by atoms with Crippen LogP contribution in [0, 0.1) is 18.7 Å². The average molecular weight is 385 g/mol. The van der Waals surface area contributed by atoms with Gasteiger partial charge in [0.2, 0.25) is 0 Å². The van der Waals surface area contributed by atoms with Crippen LogP contribution in [0.4, 0.5) is 4.39 Å². The number of hydrogen-bond donors (Lipinski definition) is 0. The fraction of sp³-hybridized carbons (Fsp3) is 0.476. The lowest BCUT2D eigenvalue weighted by atomic mass is 10.0. The fourth-order valence-electron chi connectivity index (χ4n) is 3.93. The second kappa shape index (κ2) is 7.37. The number of hydrogen-bond acceptors (Lipinski definition) is 4. The number of carbonyl (C=O) groups is 2. The Balaban J connectivity index is 1.49. The first kappa shape index (κ1) is 18.7. The predicted molar refractivity (Wildman–Crippen MR) is 100 cm³/mol. The zero-order valence-electron chi connectivity index (χ0n) is 16.2. The highest BCUT2D eigenvalue weighted by Crippen LogP contribution is 2.24. The minimum atomic E-state index is -0.329. The van der Waals surface area contributed by atoms with E-state index in [2.05, 4.69) is 11.9 Å². The van der Waals surface area contributed by atoms with E-state index in [0.29, 0.717) is 41.5 Å². The highest BCUT2D eigenvalue weighted by molar-refractivity contribution is 5.94. The number of oxazole rings is 1.